The summed E-state index contributed by atoms with van der Waals surface area (Å²) in [5, 5.41) is 3.42. The average molecular weight is 263 g/mol. The fraction of sp³-hybridized carbons (Fsp3) is 0.714. The topological polar surface area (TPSA) is 44.3 Å². The second-order valence-corrected chi connectivity index (χ2v) is 5.10. The van der Waals surface area contributed by atoms with Gasteiger partial charge in [-0.25, -0.2) is 9.97 Å². The highest BCUT2D eigenvalue weighted by Crippen LogP contribution is 2.17. The Balaban J connectivity index is 2.04. The second-order valence-electron chi connectivity index (χ2n) is 5.10. The Morgan fingerprint density at radius 3 is 3.05 bits per heavy atom. The average Bonchev–Trinajstić information content (AvgIpc) is 2.74. The van der Waals surface area contributed by atoms with Gasteiger partial charge in [0.15, 0.2) is 0 Å². The largest absolute Gasteiger partial charge is 0.360 e. The molecule has 1 fully saturated rings. The van der Waals surface area contributed by atoms with Gasteiger partial charge in [0.2, 0.25) is 0 Å². The molecule has 0 aromatic carbocycles. The number of unbranched alkanes of at least 4 members (excludes halogenated alkanes) is 1. The van der Waals surface area contributed by atoms with Crippen molar-refractivity contribution in [1.82, 2.24) is 15.3 Å². The van der Waals surface area contributed by atoms with Gasteiger partial charge in [0.25, 0.3) is 0 Å². The third kappa shape index (κ3) is 4.06. The molecule has 106 valence electrons. The summed E-state index contributed by atoms with van der Waals surface area (Å²) in [6.07, 6.45) is 5.26. The lowest BCUT2D eigenvalue weighted by Crippen LogP contribution is -2.29. The molecule has 2 rings (SSSR count). The maximum atomic E-state index is 4.43. The van der Waals surface area contributed by atoms with Crippen molar-refractivity contribution in [3.63, 3.8) is 0 Å². The molecular formula is C14H25N5. The summed E-state index contributed by atoms with van der Waals surface area (Å²) < 4.78 is 0. The van der Waals surface area contributed by atoms with Crippen molar-refractivity contribution in [3.05, 3.63) is 12.4 Å². The van der Waals surface area contributed by atoms with E-state index in [9.17, 15) is 0 Å². The van der Waals surface area contributed by atoms with Crippen LogP contribution in [0.25, 0.3) is 0 Å². The normalized spacial score (nSPS) is 16.2. The van der Waals surface area contributed by atoms with Crippen LogP contribution in [0.3, 0.4) is 0 Å². The zero-order valence-electron chi connectivity index (χ0n) is 12.1. The molecule has 1 aliphatic heterocycles. The van der Waals surface area contributed by atoms with Crippen LogP contribution in [0.5, 0.6) is 0 Å². The van der Waals surface area contributed by atoms with E-state index in [0.717, 1.165) is 44.4 Å². The summed E-state index contributed by atoms with van der Waals surface area (Å²) in [5.41, 5.74) is 0. The van der Waals surface area contributed by atoms with Crippen molar-refractivity contribution in [2.45, 2.75) is 26.2 Å². The van der Waals surface area contributed by atoms with Gasteiger partial charge in [-0.3, -0.25) is 0 Å². The summed E-state index contributed by atoms with van der Waals surface area (Å²) in [7, 11) is 2.10. The minimum atomic E-state index is 1.02. The van der Waals surface area contributed by atoms with E-state index in [1.165, 1.54) is 19.3 Å². The Bertz CT molecular complexity index is 374. The van der Waals surface area contributed by atoms with Gasteiger partial charge in [0.1, 0.15) is 18.0 Å². The minimum absolute atomic E-state index is 1.02. The molecule has 5 heteroatoms. The predicted octanol–water partition coefficient (Wildman–Crippen LogP) is 1.51. The van der Waals surface area contributed by atoms with E-state index in [1.807, 2.05) is 0 Å². The molecule has 1 aliphatic rings. The van der Waals surface area contributed by atoms with Gasteiger partial charge < -0.3 is 15.1 Å². The van der Waals surface area contributed by atoms with Gasteiger partial charge in [0.05, 0.1) is 0 Å². The highest BCUT2D eigenvalue weighted by atomic mass is 15.2. The molecule has 0 amide bonds. The van der Waals surface area contributed by atoms with E-state index in [4.69, 9.17) is 0 Å². The van der Waals surface area contributed by atoms with Crippen LogP contribution in [-0.4, -0.2) is 49.7 Å². The Morgan fingerprint density at radius 1 is 1.32 bits per heavy atom. The van der Waals surface area contributed by atoms with Crippen LogP contribution in [0.4, 0.5) is 11.6 Å². The summed E-state index contributed by atoms with van der Waals surface area (Å²) >= 11 is 0. The van der Waals surface area contributed by atoms with Crippen molar-refractivity contribution in [1.29, 1.82) is 0 Å². The van der Waals surface area contributed by atoms with E-state index >= 15 is 0 Å². The summed E-state index contributed by atoms with van der Waals surface area (Å²) in [5.74, 6) is 2.08. The van der Waals surface area contributed by atoms with Crippen LogP contribution in [-0.2, 0) is 0 Å². The third-order valence-corrected chi connectivity index (χ3v) is 3.54. The molecule has 0 unspecified atom stereocenters. The molecule has 1 aromatic heterocycles. The fourth-order valence-electron chi connectivity index (χ4n) is 2.30. The fourth-order valence-corrected chi connectivity index (χ4v) is 2.30. The second kappa shape index (κ2) is 7.28. The maximum absolute atomic E-state index is 4.43. The lowest BCUT2D eigenvalue weighted by Gasteiger charge is -2.23. The van der Waals surface area contributed by atoms with Gasteiger partial charge in [-0.1, -0.05) is 13.3 Å². The summed E-state index contributed by atoms with van der Waals surface area (Å²) in [4.78, 5) is 13.4. The van der Waals surface area contributed by atoms with E-state index in [-0.39, 0.29) is 0 Å². The van der Waals surface area contributed by atoms with Gasteiger partial charge in [-0.15, -0.1) is 0 Å². The van der Waals surface area contributed by atoms with Gasteiger partial charge >= 0.3 is 0 Å². The van der Waals surface area contributed by atoms with Gasteiger partial charge in [-0.05, 0) is 19.4 Å². The van der Waals surface area contributed by atoms with Crippen molar-refractivity contribution in [3.8, 4) is 0 Å². The Kier molecular flexibility index (Phi) is 5.39. The summed E-state index contributed by atoms with van der Waals surface area (Å²) in [6.45, 7) is 7.49. The number of hydrogen-bond donors (Lipinski definition) is 1. The zero-order valence-corrected chi connectivity index (χ0v) is 12.1. The predicted molar refractivity (Wildman–Crippen MR) is 79.9 cm³/mol. The first-order valence-electron chi connectivity index (χ1n) is 7.30. The first-order valence-corrected chi connectivity index (χ1v) is 7.30. The molecule has 2 heterocycles. The van der Waals surface area contributed by atoms with E-state index in [2.05, 4.69) is 45.1 Å². The molecule has 1 saturated heterocycles. The molecule has 0 atom stereocenters. The van der Waals surface area contributed by atoms with E-state index in [1.54, 1.807) is 6.33 Å². The molecule has 0 bridgehead atoms. The van der Waals surface area contributed by atoms with Crippen LogP contribution < -0.4 is 15.1 Å². The quantitative estimate of drug-likeness (QED) is 0.872. The van der Waals surface area contributed by atoms with Crippen LogP contribution in [0.2, 0.25) is 0 Å². The molecular weight excluding hydrogens is 238 g/mol. The zero-order chi connectivity index (χ0) is 13.5. The molecule has 0 radical (unpaired) electrons. The number of nitrogens with zero attached hydrogens (tertiary/aromatic N) is 4. The summed E-state index contributed by atoms with van der Waals surface area (Å²) in [6, 6.07) is 2.11. The molecule has 0 spiro atoms. The standard InChI is InChI=1S/C14H25N5/c1-3-4-8-18(2)13-11-14(17-12-16-13)19-9-5-6-15-7-10-19/h11-12,15H,3-10H2,1-2H3. The molecule has 5 nitrogen and oxygen atoms in total. The van der Waals surface area contributed by atoms with E-state index in [0.29, 0.717) is 0 Å². The number of rotatable bonds is 5. The van der Waals surface area contributed by atoms with Crippen molar-refractivity contribution >= 4 is 11.6 Å². The lowest BCUT2D eigenvalue weighted by molar-refractivity contribution is 0.724. The molecule has 1 aromatic rings. The van der Waals surface area contributed by atoms with Gasteiger partial charge in [-0.2, -0.15) is 0 Å². The SMILES string of the molecule is CCCCN(C)c1cc(N2CCCNCC2)ncn1. The van der Waals surface area contributed by atoms with E-state index < -0.39 is 0 Å². The number of nitrogens with one attached hydrogen (secondary N) is 1. The van der Waals surface area contributed by atoms with Crippen LogP contribution >= 0.6 is 0 Å². The minimum Gasteiger partial charge on any atom is -0.360 e. The number of hydrogen-bond acceptors (Lipinski definition) is 5. The first-order chi connectivity index (χ1) is 9.31. The Labute approximate surface area is 116 Å². The molecule has 0 saturated carbocycles. The lowest BCUT2D eigenvalue weighted by atomic mass is 10.3. The maximum Gasteiger partial charge on any atom is 0.134 e. The molecule has 1 N–H and O–H groups in total. The van der Waals surface area contributed by atoms with Crippen LogP contribution in [0, 0.1) is 0 Å². The van der Waals surface area contributed by atoms with Crippen molar-refractivity contribution in [2.75, 3.05) is 49.6 Å². The number of aromatic nitrogens is 2. The molecule has 19 heavy (non-hydrogen) atoms. The van der Waals surface area contributed by atoms with Crippen molar-refractivity contribution < 1.29 is 0 Å². The van der Waals surface area contributed by atoms with Gasteiger partial charge in [0, 0.05) is 39.3 Å². The van der Waals surface area contributed by atoms with Crippen LogP contribution in [0.15, 0.2) is 12.4 Å². The smallest absolute Gasteiger partial charge is 0.134 e. The van der Waals surface area contributed by atoms with Crippen molar-refractivity contribution in [2.24, 2.45) is 0 Å². The number of anilines is 2. The van der Waals surface area contributed by atoms with Crippen LogP contribution in [0.1, 0.15) is 26.2 Å². The highest BCUT2D eigenvalue weighted by molar-refractivity contribution is 5.49. The third-order valence-electron chi connectivity index (χ3n) is 3.54. The Morgan fingerprint density at radius 2 is 2.21 bits per heavy atom. The Hall–Kier alpha value is -1.36. The molecule has 0 aliphatic carbocycles. The highest BCUT2D eigenvalue weighted by Gasteiger charge is 2.12. The monoisotopic (exact) mass is 263 g/mol. The first kappa shape index (κ1) is 14.1.